The van der Waals surface area contributed by atoms with Gasteiger partial charge >= 0.3 is 12.1 Å². The molecule has 2 heterocycles. The van der Waals surface area contributed by atoms with Crippen LogP contribution >= 0.6 is 0 Å². The van der Waals surface area contributed by atoms with Crippen LogP contribution in [0.15, 0.2) is 36.5 Å². The summed E-state index contributed by atoms with van der Waals surface area (Å²) in [7, 11) is 0. The number of nitrogens with two attached hydrogens (primary N) is 1. The summed E-state index contributed by atoms with van der Waals surface area (Å²) in [4.78, 5) is 42.0. The molecule has 10 nitrogen and oxygen atoms in total. The summed E-state index contributed by atoms with van der Waals surface area (Å²) in [5, 5.41) is 2.61. The summed E-state index contributed by atoms with van der Waals surface area (Å²) < 4.78 is 12.4. The highest BCUT2D eigenvalue weighted by molar-refractivity contribution is 5.86. The van der Waals surface area contributed by atoms with Gasteiger partial charge in [0.2, 0.25) is 11.8 Å². The third-order valence-corrected chi connectivity index (χ3v) is 4.68. The smallest absolute Gasteiger partial charge is 0.378 e. The highest BCUT2D eigenvalue weighted by Gasteiger charge is 2.25. The van der Waals surface area contributed by atoms with Gasteiger partial charge < -0.3 is 25.4 Å². The van der Waals surface area contributed by atoms with E-state index in [2.05, 4.69) is 10.3 Å². The third kappa shape index (κ3) is 5.15. The van der Waals surface area contributed by atoms with Crippen LogP contribution in [0, 0.1) is 0 Å². The van der Waals surface area contributed by atoms with E-state index in [1.165, 1.54) is 6.20 Å². The number of morpholine rings is 1. The number of ether oxygens (including phenoxy) is 2. The first-order valence-electron chi connectivity index (χ1n) is 9.74. The lowest BCUT2D eigenvalue weighted by atomic mass is 10.1. The van der Waals surface area contributed by atoms with Crippen molar-refractivity contribution in [3.05, 3.63) is 42.2 Å². The Bertz CT molecular complexity index is 892. The van der Waals surface area contributed by atoms with Crippen molar-refractivity contribution in [3.8, 4) is 11.7 Å². The second-order valence-electron chi connectivity index (χ2n) is 6.75. The van der Waals surface area contributed by atoms with Gasteiger partial charge in [0.25, 0.3) is 0 Å². The zero-order chi connectivity index (χ0) is 21.5. The zero-order valence-electron chi connectivity index (χ0n) is 16.7. The van der Waals surface area contributed by atoms with Gasteiger partial charge in [0.05, 0.1) is 25.1 Å². The quantitative estimate of drug-likeness (QED) is 0.682. The molecule has 2 aromatic rings. The van der Waals surface area contributed by atoms with Crippen LogP contribution in [0.4, 0.5) is 4.79 Å². The van der Waals surface area contributed by atoms with Crippen molar-refractivity contribution in [2.75, 3.05) is 26.3 Å². The van der Waals surface area contributed by atoms with Crippen LogP contribution in [-0.4, -0.2) is 64.7 Å². The fourth-order valence-electron chi connectivity index (χ4n) is 3.05. The first-order chi connectivity index (χ1) is 14.5. The van der Waals surface area contributed by atoms with Gasteiger partial charge in [-0.05, 0) is 12.1 Å². The summed E-state index contributed by atoms with van der Waals surface area (Å²) in [6.07, 6.45) is 1.30. The minimum Gasteiger partial charge on any atom is -0.378 e. The van der Waals surface area contributed by atoms with Crippen molar-refractivity contribution in [2.24, 2.45) is 5.73 Å². The zero-order valence-corrected chi connectivity index (χ0v) is 16.7. The van der Waals surface area contributed by atoms with E-state index < -0.39 is 18.0 Å². The van der Waals surface area contributed by atoms with Gasteiger partial charge in [-0.2, -0.15) is 0 Å². The van der Waals surface area contributed by atoms with Gasteiger partial charge in [-0.1, -0.05) is 25.1 Å². The maximum atomic E-state index is 12.5. The molecule has 1 aliphatic rings. The number of primary amides is 1. The average Bonchev–Trinajstić information content (AvgIpc) is 3.16. The van der Waals surface area contributed by atoms with Crippen molar-refractivity contribution in [1.29, 1.82) is 0 Å². The molecule has 3 rings (SSSR count). The molecular weight excluding hydrogens is 390 g/mol. The molecule has 3 N–H and O–H groups in total. The van der Waals surface area contributed by atoms with E-state index in [-0.39, 0.29) is 24.8 Å². The number of hydrogen-bond acceptors (Lipinski definition) is 6. The molecule has 1 aliphatic heterocycles. The highest BCUT2D eigenvalue weighted by Crippen LogP contribution is 2.22. The van der Waals surface area contributed by atoms with Gasteiger partial charge in [-0.3, -0.25) is 14.2 Å². The molecule has 0 bridgehead atoms. The number of amides is 3. The van der Waals surface area contributed by atoms with Crippen LogP contribution in [-0.2, 0) is 20.7 Å². The highest BCUT2D eigenvalue weighted by atomic mass is 16.6. The molecule has 0 aliphatic carbocycles. The van der Waals surface area contributed by atoms with E-state index in [1.54, 1.807) is 16.4 Å². The van der Waals surface area contributed by atoms with Gasteiger partial charge in [0.15, 0.2) is 0 Å². The summed E-state index contributed by atoms with van der Waals surface area (Å²) in [5.41, 5.74) is 6.73. The Morgan fingerprint density at radius 1 is 1.23 bits per heavy atom. The third-order valence-electron chi connectivity index (χ3n) is 4.68. The molecule has 10 heteroatoms. The Kier molecular flexibility index (Phi) is 7.02. The maximum Gasteiger partial charge on any atom is 0.417 e. The molecule has 0 radical (unpaired) electrons. The summed E-state index contributed by atoms with van der Waals surface area (Å²) in [6, 6.07) is 8.31. The fraction of sp³-hybridized carbons (Fsp3) is 0.400. The Labute approximate surface area is 173 Å². The molecule has 3 amide bonds. The van der Waals surface area contributed by atoms with Gasteiger partial charge in [-0.15, -0.1) is 0 Å². The predicted octanol–water partition coefficient (Wildman–Crippen LogP) is 0.626. The maximum absolute atomic E-state index is 12.5. The number of carbonyl (C=O) groups is 3. The van der Waals surface area contributed by atoms with Crippen molar-refractivity contribution >= 4 is 17.9 Å². The number of para-hydroxylation sites is 1. The number of imidazole rings is 1. The number of aromatic nitrogens is 2. The number of nitrogens with zero attached hydrogens (tertiary/aromatic N) is 3. The number of rotatable bonds is 7. The molecule has 1 unspecified atom stereocenters. The second kappa shape index (κ2) is 9.88. The molecule has 160 valence electrons. The fourth-order valence-corrected chi connectivity index (χ4v) is 3.05. The molecule has 1 aromatic carbocycles. The minimum absolute atomic E-state index is 0.0673. The number of benzene rings is 1. The van der Waals surface area contributed by atoms with Gasteiger partial charge in [0.1, 0.15) is 6.04 Å². The summed E-state index contributed by atoms with van der Waals surface area (Å²) >= 11 is 0. The van der Waals surface area contributed by atoms with Crippen LogP contribution in [0.3, 0.4) is 0 Å². The van der Waals surface area contributed by atoms with Crippen molar-refractivity contribution in [2.45, 2.75) is 25.8 Å². The summed E-state index contributed by atoms with van der Waals surface area (Å²) in [6.45, 7) is 3.45. The Morgan fingerprint density at radius 2 is 1.93 bits per heavy atom. The van der Waals surface area contributed by atoms with Crippen LogP contribution in [0.25, 0.3) is 5.69 Å². The molecule has 0 saturated carbocycles. The topological polar surface area (TPSA) is 129 Å². The van der Waals surface area contributed by atoms with E-state index in [0.29, 0.717) is 37.7 Å². The molecule has 30 heavy (non-hydrogen) atoms. The lowest BCUT2D eigenvalue weighted by Gasteiger charge is -2.25. The number of carbonyl (C=O) groups excluding carboxylic acids is 3. The largest absolute Gasteiger partial charge is 0.417 e. The van der Waals surface area contributed by atoms with E-state index >= 15 is 0 Å². The lowest BCUT2D eigenvalue weighted by Crippen LogP contribution is -2.46. The minimum atomic E-state index is -0.917. The van der Waals surface area contributed by atoms with E-state index in [0.717, 1.165) is 0 Å². The van der Waals surface area contributed by atoms with Crippen molar-refractivity contribution in [3.63, 3.8) is 0 Å². The predicted molar refractivity (Wildman–Crippen MR) is 107 cm³/mol. The average molecular weight is 415 g/mol. The normalized spacial score (nSPS) is 14.8. The van der Waals surface area contributed by atoms with E-state index in [9.17, 15) is 14.4 Å². The molecule has 1 atom stereocenters. The standard InChI is InChI=1S/C20H25N5O5/c1-2-17(26)23-16(18(21)27)12-15-13-22-19(25(15)14-6-4-3-5-7-14)30-20(28)24-8-10-29-11-9-24/h3-7,13,16H,2,8-12H2,1H3,(H2,21,27)(H,23,26). The number of nitrogens with one attached hydrogen (secondary N) is 1. The Morgan fingerprint density at radius 3 is 2.57 bits per heavy atom. The monoisotopic (exact) mass is 415 g/mol. The molecule has 1 aromatic heterocycles. The van der Waals surface area contributed by atoms with E-state index in [1.807, 2.05) is 30.3 Å². The second-order valence-corrected chi connectivity index (χ2v) is 6.75. The van der Waals surface area contributed by atoms with E-state index in [4.69, 9.17) is 15.2 Å². The molecule has 0 spiro atoms. The van der Waals surface area contributed by atoms with Crippen LogP contribution in [0.1, 0.15) is 19.0 Å². The van der Waals surface area contributed by atoms with Crippen LogP contribution in [0.2, 0.25) is 0 Å². The molecule has 1 saturated heterocycles. The SMILES string of the molecule is CCC(=O)NC(Cc1cnc(OC(=O)N2CCOCC2)n1-c1ccccc1)C(N)=O. The summed E-state index contributed by atoms with van der Waals surface area (Å²) in [5.74, 6) is -0.951. The molecule has 1 fully saturated rings. The number of hydrogen-bond donors (Lipinski definition) is 2. The Hall–Kier alpha value is -3.40. The lowest BCUT2D eigenvalue weighted by molar-refractivity contribution is -0.127. The van der Waals surface area contributed by atoms with Crippen molar-refractivity contribution in [1.82, 2.24) is 19.8 Å². The molecular formula is C20H25N5O5. The van der Waals surface area contributed by atoms with Crippen LogP contribution < -0.4 is 15.8 Å². The van der Waals surface area contributed by atoms with Crippen molar-refractivity contribution < 1.29 is 23.9 Å². The Balaban J connectivity index is 1.88. The van der Waals surface area contributed by atoms with Crippen LogP contribution in [0.5, 0.6) is 6.01 Å². The van der Waals surface area contributed by atoms with Gasteiger partial charge in [0, 0.05) is 31.6 Å². The van der Waals surface area contributed by atoms with Gasteiger partial charge in [-0.25, -0.2) is 9.78 Å². The first kappa shape index (κ1) is 21.3. The first-order valence-corrected chi connectivity index (χ1v) is 9.74.